The van der Waals surface area contributed by atoms with Gasteiger partial charge in [-0.2, -0.15) is 5.10 Å². The van der Waals surface area contributed by atoms with Crippen molar-refractivity contribution in [3.63, 3.8) is 0 Å². The Bertz CT molecular complexity index is 590. The van der Waals surface area contributed by atoms with Crippen LogP contribution in [-0.4, -0.2) is 25.5 Å². The van der Waals surface area contributed by atoms with Crippen molar-refractivity contribution in [2.24, 2.45) is 0 Å². The number of hydrogen-bond donors (Lipinski definition) is 1. The Morgan fingerprint density at radius 1 is 1.20 bits per heavy atom. The average Bonchev–Trinajstić information content (AvgIpc) is 2.87. The summed E-state index contributed by atoms with van der Waals surface area (Å²) in [5.74, 6) is 0.717. The smallest absolute Gasteiger partial charge is 0.159 e. The van der Waals surface area contributed by atoms with E-state index in [0.717, 1.165) is 37.1 Å². The molecule has 0 spiro atoms. The highest BCUT2D eigenvalue weighted by Gasteiger charge is 2.31. The van der Waals surface area contributed by atoms with Gasteiger partial charge in [-0.3, -0.25) is 0 Å². The number of nitrogens with zero attached hydrogens (tertiary/aromatic N) is 3. The number of aliphatic hydroxyl groups is 1. The van der Waals surface area contributed by atoms with Crippen molar-refractivity contribution in [2.45, 2.75) is 44.2 Å². The van der Waals surface area contributed by atoms with E-state index in [4.69, 9.17) is 11.6 Å². The van der Waals surface area contributed by atoms with E-state index >= 15 is 0 Å². The summed E-state index contributed by atoms with van der Waals surface area (Å²) < 4.78 is 1.77. The molecule has 0 aliphatic heterocycles. The molecule has 1 aliphatic carbocycles. The standard InChI is InChI=1S/C15H18ClN3O/c16-13-7-3-2-6-12(13)14-17-11-18-19(14)10-15(20)8-4-1-5-9-15/h2-3,6-7,11,20H,1,4-5,8-10H2. The van der Waals surface area contributed by atoms with Crippen LogP contribution in [0.4, 0.5) is 0 Å². The lowest BCUT2D eigenvalue weighted by molar-refractivity contribution is -0.0139. The number of aromatic nitrogens is 3. The molecule has 2 aromatic rings. The SMILES string of the molecule is OC1(Cn2ncnc2-c2ccccc2Cl)CCCCC1. The molecule has 20 heavy (non-hydrogen) atoms. The molecule has 5 heteroatoms. The molecule has 0 unspecified atom stereocenters. The van der Waals surface area contributed by atoms with Crippen LogP contribution in [0.15, 0.2) is 30.6 Å². The van der Waals surface area contributed by atoms with Gasteiger partial charge in [-0.1, -0.05) is 43.0 Å². The van der Waals surface area contributed by atoms with E-state index < -0.39 is 5.60 Å². The van der Waals surface area contributed by atoms with Crippen LogP contribution < -0.4 is 0 Å². The maximum Gasteiger partial charge on any atom is 0.159 e. The molecule has 0 saturated heterocycles. The lowest BCUT2D eigenvalue weighted by Gasteiger charge is -2.32. The molecule has 0 bridgehead atoms. The topological polar surface area (TPSA) is 50.9 Å². The van der Waals surface area contributed by atoms with Gasteiger partial charge in [-0.15, -0.1) is 0 Å². The van der Waals surface area contributed by atoms with Gasteiger partial charge < -0.3 is 5.11 Å². The number of hydrogen-bond acceptors (Lipinski definition) is 3. The quantitative estimate of drug-likeness (QED) is 0.944. The van der Waals surface area contributed by atoms with Crippen molar-refractivity contribution < 1.29 is 5.11 Å². The van der Waals surface area contributed by atoms with Gasteiger partial charge >= 0.3 is 0 Å². The summed E-state index contributed by atoms with van der Waals surface area (Å²) in [6.07, 6.45) is 6.53. The molecule has 3 rings (SSSR count). The predicted octanol–water partition coefficient (Wildman–Crippen LogP) is 3.29. The molecule has 0 amide bonds. The van der Waals surface area contributed by atoms with Crippen molar-refractivity contribution in [1.29, 1.82) is 0 Å². The Labute approximate surface area is 123 Å². The monoisotopic (exact) mass is 291 g/mol. The molecular weight excluding hydrogens is 274 g/mol. The Kier molecular flexibility index (Phi) is 3.76. The zero-order valence-electron chi connectivity index (χ0n) is 11.3. The highest BCUT2D eigenvalue weighted by atomic mass is 35.5. The van der Waals surface area contributed by atoms with Crippen LogP contribution in [0.2, 0.25) is 5.02 Å². The Hall–Kier alpha value is -1.39. The van der Waals surface area contributed by atoms with Crippen LogP contribution in [0.3, 0.4) is 0 Å². The van der Waals surface area contributed by atoms with E-state index in [2.05, 4.69) is 10.1 Å². The Morgan fingerprint density at radius 2 is 1.95 bits per heavy atom. The fraction of sp³-hybridized carbons (Fsp3) is 0.467. The molecule has 0 atom stereocenters. The van der Waals surface area contributed by atoms with E-state index in [1.54, 1.807) is 4.68 Å². The molecule has 1 fully saturated rings. The maximum atomic E-state index is 10.7. The minimum atomic E-state index is -0.665. The van der Waals surface area contributed by atoms with Gasteiger partial charge in [-0.25, -0.2) is 9.67 Å². The minimum absolute atomic E-state index is 0.480. The summed E-state index contributed by atoms with van der Waals surface area (Å²) >= 11 is 6.22. The average molecular weight is 292 g/mol. The predicted molar refractivity (Wildman–Crippen MR) is 78.5 cm³/mol. The molecule has 1 N–H and O–H groups in total. The van der Waals surface area contributed by atoms with Crippen LogP contribution >= 0.6 is 11.6 Å². The van der Waals surface area contributed by atoms with Crippen LogP contribution in [0.1, 0.15) is 32.1 Å². The molecule has 1 aromatic heterocycles. The minimum Gasteiger partial charge on any atom is -0.388 e. The summed E-state index contributed by atoms with van der Waals surface area (Å²) in [7, 11) is 0. The summed E-state index contributed by atoms with van der Waals surface area (Å²) in [5, 5.41) is 15.6. The molecule has 106 valence electrons. The first kappa shape index (κ1) is 13.6. The molecule has 1 saturated carbocycles. The van der Waals surface area contributed by atoms with Gasteiger partial charge in [0.05, 0.1) is 17.2 Å². The zero-order valence-corrected chi connectivity index (χ0v) is 12.1. The fourth-order valence-electron chi connectivity index (χ4n) is 2.88. The Balaban J connectivity index is 1.89. The van der Waals surface area contributed by atoms with Gasteiger partial charge in [0.15, 0.2) is 5.82 Å². The summed E-state index contributed by atoms with van der Waals surface area (Å²) in [4.78, 5) is 4.30. The molecule has 1 aromatic carbocycles. The number of benzene rings is 1. The van der Waals surface area contributed by atoms with Gasteiger partial charge in [0.1, 0.15) is 6.33 Å². The first-order valence-corrected chi connectivity index (χ1v) is 7.41. The van der Waals surface area contributed by atoms with Gasteiger partial charge in [0, 0.05) is 5.56 Å². The first-order valence-electron chi connectivity index (χ1n) is 7.03. The summed E-state index contributed by atoms with van der Waals surface area (Å²) in [6, 6.07) is 7.58. The highest BCUT2D eigenvalue weighted by Crippen LogP contribution is 2.31. The van der Waals surface area contributed by atoms with E-state index in [-0.39, 0.29) is 0 Å². The molecular formula is C15H18ClN3O. The summed E-state index contributed by atoms with van der Waals surface area (Å²) in [6.45, 7) is 0.480. The molecule has 0 radical (unpaired) electrons. The third kappa shape index (κ3) is 2.72. The number of halogens is 1. The zero-order chi connectivity index (χ0) is 14.0. The second kappa shape index (κ2) is 5.54. The van der Waals surface area contributed by atoms with Gasteiger partial charge in [-0.05, 0) is 25.0 Å². The van der Waals surface area contributed by atoms with Crippen molar-refractivity contribution in [3.05, 3.63) is 35.6 Å². The van der Waals surface area contributed by atoms with E-state index in [0.29, 0.717) is 11.6 Å². The lowest BCUT2D eigenvalue weighted by Crippen LogP contribution is -2.36. The Morgan fingerprint density at radius 3 is 2.70 bits per heavy atom. The van der Waals surface area contributed by atoms with Crippen LogP contribution in [0, 0.1) is 0 Å². The molecule has 1 aliphatic rings. The highest BCUT2D eigenvalue weighted by molar-refractivity contribution is 6.33. The normalized spacial score (nSPS) is 18.1. The number of rotatable bonds is 3. The summed E-state index contributed by atoms with van der Waals surface area (Å²) in [5.41, 5.74) is 0.188. The fourth-order valence-corrected chi connectivity index (χ4v) is 3.10. The van der Waals surface area contributed by atoms with Crippen molar-refractivity contribution >= 4 is 11.6 Å². The van der Waals surface area contributed by atoms with Gasteiger partial charge in [0.2, 0.25) is 0 Å². The second-order valence-corrected chi connectivity index (χ2v) is 5.91. The van der Waals surface area contributed by atoms with E-state index in [9.17, 15) is 5.11 Å². The maximum absolute atomic E-state index is 10.7. The van der Waals surface area contributed by atoms with Crippen LogP contribution in [0.25, 0.3) is 11.4 Å². The third-order valence-corrected chi connectivity index (χ3v) is 4.29. The van der Waals surface area contributed by atoms with Crippen molar-refractivity contribution in [1.82, 2.24) is 14.8 Å². The largest absolute Gasteiger partial charge is 0.388 e. The second-order valence-electron chi connectivity index (χ2n) is 5.51. The van der Waals surface area contributed by atoms with Crippen molar-refractivity contribution in [3.8, 4) is 11.4 Å². The third-order valence-electron chi connectivity index (χ3n) is 3.96. The van der Waals surface area contributed by atoms with Crippen LogP contribution in [0.5, 0.6) is 0 Å². The van der Waals surface area contributed by atoms with Gasteiger partial charge in [0.25, 0.3) is 0 Å². The van der Waals surface area contributed by atoms with Crippen LogP contribution in [-0.2, 0) is 6.54 Å². The van der Waals surface area contributed by atoms with E-state index in [1.165, 1.54) is 12.7 Å². The van der Waals surface area contributed by atoms with E-state index in [1.807, 2.05) is 24.3 Å². The lowest BCUT2D eigenvalue weighted by atomic mass is 9.85. The first-order chi connectivity index (χ1) is 9.68. The van der Waals surface area contributed by atoms with Crippen molar-refractivity contribution in [2.75, 3.05) is 0 Å². The molecule has 1 heterocycles. The molecule has 4 nitrogen and oxygen atoms in total.